The van der Waals surface area contributed by atoms with Gasteiger partial charge in [0.1, 0.15) is 11.5 Å². The van der Waals surface area contributed by atoms with Gasteiger partial charge in [0.05, 0.1) is 13.2 Å². The number of alkyl halides is 3. The van der Waals surface area contributed by atoms with Crippen LogP contribution in [0.5, 0.6) is 11.5 Å². The van der Waals surface area contributed by atoms with E-state index >= 15 is 0 Å². The van der Waals surface area contributed by atoms with Crippen molar-refractivity contribution in [1.82, 2.24) is 0 Å². The zero-order chi connectivity index (χ0) is 14.8. The smallest absolute Gasteiger partial charge is 0.427 e. The average molecular weight is 310 g/mol. The Bertz CT molecular complexity index is 454. The molecule has 20 heavy (non-hydrogen) atoms. The molecule has 4 nitrogen and oxygen atoms in total. The minimum absolute atomic E-state index is 0.0938. The Balaban J connectivity index is 1.95. The first kappa shape index (κ1) is 15.4. The molecule has 112 valence electrons. The third kappa shape index (κ3) is 4.81. The molecule has 1 aliphatic heterocycles. The Morgan fingerprint density at radius 1 is 1.15 bits per heavy atom. The van der Waals surface area contributed by atoms with Crippen LogP contribution in [0.2, 0.25) is 0 Å². The van der Waals surface area contributed by atoms with E-state index in [2.05, 4.69) is 4.74 Å². The number of hydrogen-bond acceptors (Lipinski definition) is 4. The molecule has 1 aromatic carbocycles. The molecule has 0 saturated carbocycles. The van der Waals surface area contributed by atoms with Gasteiger partial charge in [-0.3, -0.25) is 0 Å². The van der Waals surface area contributed by atoms with Crippen LogP contribution in [0.3, 0.4) is 0 Å². The maximum atomic E-state index is 12.1. The van der Waals surface area contributed by atoms with E-state index in [1.165, 1.54) is 18.2 Å². The maximum Gasteiger partial charge on any atom is 0.573 e. The highest BCUT2D eigenvalue weighted by Crippen LogP contribution is 2.47. The summed E-state index contributed by atoms with van der Waals surface area (Å²) in [6.07, 6.45) is -4.73. The zero-order valence-corrected chi connectivity index (χ0v) is 11.8. The number of benzene rings is 1. The van der Waals surface area contributed by atoms with Crippen LogP contribution in [-0.2, 0) is 9.05 Å². The average Bonchev–Trinajstić information content (AvgIpc) is 2.30. The van der Waals surface area contributed by atoms with Crippen LogP contribution >= 0.6 is 8.60 Å². The first-order valence-corrected chi connectivity index (χ1v) is 6.93. The van der Waals surface area contributed by atoms with Gasteiger partial charge >= 0.3 is 15.0 Å². The molecule has 0 spiro atoms. The lowest BCUT2D eigenvalue weighted by molar-refractivity contribution is -0.274. The predicted octanol–water partition coefficient (Wildman–Crippen LogP) is 4.26. The maximum absolute atomic E-state index is 12.1. The number of ether oxygens (including phenoxy) is 1. The molecular weight excluding hydrogens is 296 g/mol. The Labute approximate surface area is 115 Å². The number of halogens is 3. The fourth-order valence-corrected chi connectivity index (χ4v) is 2.78. The Hall–Kier alpha value is -1.04. The first-order chi connectivity index (χ1) is 9.23. The van der Waals surface area contributed by atoms with Gasteiger partial charge in [0.25, 0.3) is 0 Å². The van der Waals surface area contributed by atoms with E-state index in [0.717, 1.165) is 6.07 Å². The molecule has 1 aromatic rings. The fourth-order valence-electron chi connectivity index (χ4n) is 1.40. The van der Waals surface area contributed by atoms with Crippen LogP contribution in [0, 0.1) is 5.41 Å². The summed E-state index contributed by atoms with van der Waals surface area (Å²) in [5, 5.41) is 0. The van der Waals surface area contributed by atoms with Crippen molar-refractivity contribution in [3.63, 3.8) is 0 Å². The SMILES string of the molecule is CC1(C)COP(Oc2cccc(OC(F)(F)F)c2)OC1. The van der Waals surface area contributed by atoms with Crippen molar-refractivity contribution in [1.29, 1.82) is 0 Å². The summed E-state index contributed by atoms with van der Waals surface area (Å²) in [6, 6.07) is 5.25. The topological polar surface area (TPSA) is 36.9 Å². The summed E-state index contributed by atoms with van der Waals surface area (Å²) in [5.74, 6) is -0.139. The lowest BCUT2D eigenvalue weighted by Crippen LogP contribution is -2.29. The van der Waals surface area contributed by atoms with Gasteiger partial charge in [-0.1, -0.05) is 19.9 Å². The summed E-state index contributed by atoms with van der Waals surface area (Å²) in [7, 11) is -1.59. The Morgan fingerprint density at radius 3 is 2.35 bits per heavy atom. The number of rotatable bonds is 3. The van der Waals surface area contributed by atoms with Gasteiger partial charge in [0.15, 0.2) is 0 Å². The quantitative estimate of drug-likeness (QED) is 0.782. The lowest BCUT2D eigenvalue weighted by atomic mass is 9.97. The predicted molar refractivity (Wildman–Crippen MR) is 66.4 cm³/mol. The standard InChI is InChI=1S/C12H14F3O4P/c1-11(2)7-16-20(17-8-11)19-10-5-3-4-9(6-10)18-12(13,14)15/h3-6H,7-8H2,1-2H3. The van der Waals surface area contributed by atoms with Crippen molar-refractivity contribution < 1.29 is 31.5 Å². The second kappa shape index (κ2) is 5.76. The van der Waals surface area contributed by atoms with Crippen molar-refractivity contribution in [2.75, 3.05) is 13.2 Å². The van der Waals surface area contributed by atoms with E-state index in [4.69, 9.17) is 13.6 Å². The summed E-state index contributed by atoms with van der Waals surface area (Å²) in [6.45, 7) is 4.91. The minimum atomic E-state index is -4.73. The van der Waals surface area contributed by atoms with Crippen LogP contribution in [0.4, 0.5) is 13.2 Å². The van der Waals surface area contributed by atoms with Crippen LogP contribution in [0.15, 0.2) is 24.3 Å². The molecule has 0 amide bonds. The Kier molecular flexibility index (Phi) is 4.42. The summed E-state index contributed by atoms with van der Waals surface area (Å²) >= 11 is 0. The highest BCUT2D eigenvalue weighted by molar-refractivity contribution is 7.42. The molecule has 0 aromatic heterocycles. The Morgan fingerprint density at radius 2 is 1.75 bits per heavy atom. The molecule has 0 radical (unpaired) electrons. The van der Waals surface area contributed by atoms with Gasteiger partial charge < -0.3 is 18.3 Å². The van der Waals surface area contributed by atoms with Crippen molar-refractivity contribution >= 4 is 8.60 Å². The monoisotopic (exact) mass is 310 g/mol. The summed E-state index contributed by atoms with van der Waals surface area (Å²) < 4.78 is 56.3. The molecule has 1 fully saturated rings. The van der Waals surface area contributed by atoms with Gasteiger partial charge in [-0.15, -0.1) is 13.2 Å². The van der Waals surface area contributed by atoms with Gasteiger partial charge in [-0.05, 0) is 12.1 Å². The van der Waals surface area contributed by atoms with Gasteiger partial charge in [0, 0.05) is 11.5 Å². The number of hydrogen-bond donors (Lipinski definition) is 0. The normalized spacial score (nSPS) is 19.6. The van der Waals surface area contributed by atoms with Gasteiger partial charge in [-0.2, -0.15) is 0 Å². The van der Waals surface area contributed by atoms with Crippen molar-refractivity contribution in [2.45, 2.75) is 20.2 Å². The molecule has 0 N–H and O–H groups in total. The largest absolute Gasteiger partial charge is 0.573 e. The van der Waals surface area contributed by atoms with Gasteiger partial charge in [-0.25, -0.2) is 0 Å². The van der Waals surface area contributed by atoms with Crippen LogP contribution in [0.25, 0.3) is 0 Å². The molecule has 0 unspecified atom stereocenters. The third-order valence-corrected chi connectivity index (χ3v) is 3.38. The molecule has 8 heteroatoms. The van der Waals surface area contributed by atoms with Crippen molar-refractivity contribution in [2.24, 2.45) is 5.41 Å². The molecule has 1 heterocycles. The highest BCUT2D eigenvalue weighted by Gasteiger charge is 2.32. The van der Waals surface area contributed by atoms with E-state index in [0.29, 0.717) is 13.2 Å². The second-order valence-electron chi connectivity index (χ2n) is 5.05. The van der Waals surface area contributed by atoms with E-state index < -0.39 is 15.0 Å². The van der Waals surface area contributed by atoms with E-state index in [1.54, 1.807) is 0 Å². The van der Waals surface area contributed by atoms with Crippen LogP contribution < -0.4 is 9.26 Å². The zero-order valence-electron chi connectivity index (χ0n) is 10.9. The van der Waals surface area contributed by atoms with E-state index in [9.17, 15) is 13.2 Å². The van der Waals surface area contributed by atoms with Crippen molar-refractivity contribution in [3.8, 4) is 11.5 Å². The molecule has 0 aliphatic carbocycles. The summed E-state index contributed by atoms with van der Waals surface area (Å²) in [5.41, 5.74) is -0.0938. The molecule has 0 bridgehead atoms. The molecule has 1 aliphatic rings. The summed E-state index contributed by atoms with van der Waals surface area (Å²) in [4.78, 5) is 0. The van der Waals surface area contributed by atoms with Crippen LogP contribution in [0.1, 0.15) is 13.8 Å². The second-order valence-corrected chi connectivity index (χ2v) is 6.19. The minimum Gasteiger partial charge on any atom is -0.427 e. The van der Waals surface area contributed by atoms with E-state index in [1.807, 2.05) is 13.8 Å². The van der Waals surface area contributed by atoms with Crippen LogP contribution in [-0.4, -0.2) is 19.6 Å². The molecular formula is C12H14F3O4P. The van der Waals surface area contributed by atoms with Gasteiger partial charge in [0.2, 0.25) is 0 Å². The fraction of sp³-hybridized carbons (Fsp3) is 0.500. The first-order valence-electron chi connectivity index (χ1n) is 5.83. The molecule has 2 rings (SSSR count). The molecule has 0 atom stereocenters. The van der Waals surface area contributed by atoms with E-state index in [-0.39, 0.29) is 16.9 Å². The lowest BCUT2D eigenvalue weighted by Gasteiger charge is -2.32. The highest BCUT2D eigenvalue weighted by atomic mass is 31.2. The van der Waals surface area contributed by atoms with Crippen molar-refractivity contribution in [3.05, 3.63) is 24.3 Å². The molecule has 1 saturated heterocycles. The third-order valence-electron chi connectivity index (χ3n) is 2.34.